The van der Waals surface area contributed by atoms with E-state index in [4.69, 9.17) is 0 Å². The molecule has 0 aromatic heterocycles. The maximum absolute atomic E-state index is 2.51. The lowest BCUT2D eigenvalue weighted by Crippen LogP contribution is -2.44. The van der Waals surface area contributed by atoms with Crippen molar-refractivity contribution in [2.24, 2.45) is 22.7 Å². The first kappa shape index (κ1) is 15.0. The summed E-state index contributed by atoms with van der Waals surface area (Å²) in [7, 11) is 0. The molecule has 0 aliphatic heterocycles. The van der Waals surface area contributed by atoms with Gasteiger partial charge in [0.15, 0.2) is 0 Å². The molecule has 0 heterocycles. The fourth-order valence-electron chi connectivity index (χ4n) is 3.31. The van der Waals surface area contributed by atoms with Gasteiger partial charge in [-0.2, -0.15) is 0 Å². The number of hydrogen-bond donors (Lipinski definition) is 0. The average molecular weight is 212 g/mol. The molecule has 0 N–H and O–H groups in total. The first-order valence-electron chi connectivity index (χ1n) is 6.75. The van der Waals surface area contributed by atoms with Crippen LogP contribution in [-0.2, 0) is 0 Å². The molecule has 0 radical (unpaired) electrons. The molecule has 15 heavy (non-hydrogen) atoms. The van der Waals surface area contributed by atoms with Crippen LogP contribution in [0.25, 0.3) is 0 Å². The van der Waals surface area contributed by atoms with Gasteiger partial charge in [-0.1, -0.05) is 74.7 Å². The van der Waals surface area contributed by atoms with E-state index in [2.05, 4.69) is 55.4 Å². The molecule has 2 unspecified atom stereocenters. The van der Waals surface area contributed by atoms with E-state index in [1.807, 2.05) is 0 Å². The highest BCUT2D eigenvalue weighted by atomic mass is 14.5. The van der Waals surface area contributed by atoms with Gasteiger partial charge in [0.1, 0.15) is 0 Å². The Morgan fingerprint density at radius 1 is 0.800 bits per heavy atom. The molecule has 0 heteroatoms. The highest BCUT2D eigenvalue weighted by molar-refractivity contribution is 4.94. The van der Waals surface area contributed by atoms with E-state index < -0.39 is 0 Å². The highest BCUT2D eigenvalue weighted by Crippen LogP contribution is 2.53. The molecule has 0 aliphatic rings. The number of hydrogen-bond acceptors (Lipinski definition) is 0. The van der Waals surface area contributed by atoms with Crippen molar-refractivity contribution in [1.82, 2.24) is 0 Å². The van der Waals surface area contributed by atoms with E-state index in [-0.39, 0.29) is 0 Å². The van der Waals surface area contributed by atoms with Crippen molar-refractivity contribution in [3.8, 4) is 0 Å². The highest BCUT2D eigenvalue weighted by Gasteiger charge is 2.45. The average Bonchev–Trinajstić information content (AvgIpc) is 2.16. The van der Waals surface area contributed by atoms with Gasteiger partial charge in [-0.05, 0) is 22.7 Å². The topological polar surface area (TPSA) is 0 Å². The molecule has 0 saturated heterocycles. The van der Waals surface area contributed by atoms with Gasteiger partial charge in [0.2, 0.25) is 0 Å². The molecular weight excluding hydrogens is 180 g/mol. The molecule has 0 aromatic rings. The van der Waals surface area contributed by atoms with Crippen molar-refractivity contribution < 1.29 is 0 Å². The lowest BCUT2D eigenvalue weighted by atomic mass is 9.53. The first-order valence-corrected chi connectivity index (χ1v) is 6.75. The van der Waals surface area contributed by atoms with Crippen LogP contribution in [0, 0.1) is 22.7 Å². The molecule has 0 aliphatic carbocycles. The summed E-state index contributed by atoms with van der Waals surface area (Å²) in [5, 5.41) is 0. The molecular formula is C15H32. The minimum absolute atomic E-state index is 0.402. The van der Waals surface area contributed by atoms with Crippen molar-refractivity contribution in [3.05, 3.63) is 0 Å². The summed E-state index contributed by atoms with van der Waals surface area (Å²) in [5.74, 6) is 1.66. The van der Waals surface area contributed by atoms with Crippen molar-refractivity contribution >= 4 is 0 Å². The van der Waals surface area contributed by atoms with Gasteiger partial charge in [-0.3, -0.25) is 0 Å². The molecule has 0 bridgehead atoms. The third-order valence-corrected chi connectivity index (χ3v) is 5.09. The quantitative estimate of drug-likeness (QED) is 0.563. The Hall–Kier alpha value is 0. The van der Waals surface area contributed by atoms with Gasteiger partial charge in [0.05, 0.1) is 0 Å². The lowest BCUT2D eigenvalue weighted by Gasteiger charge is -2.51. The second-order valence-electron chi connectivity index (χ2n) is 6.36. The van der Waals surface area contributed by atoms with Gasteiger partial charge in [-0.15, -0.1) is 0 Å². The summed E-state index contributed by atoms with van der Waals surface area (Å²) in [4.78, 5) is 0. The summed E-state index contributed by atoms with van der Waals surface area (Å²) >= 11 is 0. The zero-order chi connectivity index (χ0) is 12.3. The van der Waals surface area contributed by atoms with Crippen molar-refractivity contribution in [2.75, 3.05) is 0 Å². The predicted molar refractivity (Wildman–Crippen MR) is 71.1 cm³/mol. The minimum atomic E-state index is 0.402. The van der Waals surface area contributed by atoms with E-state index in [1.165, 1.54) is 19.3 Å². The molecule has 0 spiro atoms. The van der Waals surface area contributed by atoms with Crippen molar-refractivity contribution in [1.29, 1.82) is 0 Å². The van der Waals surface area contributed by atoms with Crippen LogP contribution >= 0.6 is 0 Å². The summed E-state index contributed by atoms with van der Waals surface area (Å²) in [5.41, 5.74) is 0.865. The maximum Gasteiger partial charge on any atom is -0.0224 e. The van der Waals surface area contributed by atoms with Gasteiger partial charge >= 0.3 is 0 Å². The zero-order valence-electron chi connectivity index (χ0n) is 12.3. The van der Waals surface area contributed by atoms with E-state index in [0.29, 0.717) is 10.8 Å². The standard InChI is InChI=1S/C15H32/c1-9-12(4)15(8,14(5,6)7)13(10-2)11-3/h12-13H,9-11H2,1-8H3. The van der Waals surface area contributed by atoms with Crippen LogP contribution in [-0.4, -0.2) is 0 Å². The molecule has 0 aromatic carbocycles. The van der Waals surface area contributed by atoms with Crippen LogP contribution in [0.2, 0.25) is 0 Å². The Labute approximate surface area is 97.8 Å². The Kier molecular flexibility index (Phi) is 5.37. The summed E-state index contributed by atoms with van der Waals surface area (Å²) in [6, 6.07) is 0. The van der Waals surface area contributed by atoms with E-state index in [9.17, 15) is 0 Å². The van der Waals surface area contributed by atoms with Crippen molar-refractivity contribution in [3.63, 3.8) is 0 Å². The van der Waals surface area contributed by atoms with Crippen molar-refractivity contribution in [2.45, 2.75) is 74.7 Å². The second kappa shape index (κ2) is 5.37. The first-order chi connectivity index (χ1) is 6.75. The van der Waals surface area contributed by atoms with E-state index in [0.717, 1.165) is 11.8 Å². The van der Waals surface area contributed by atoms with Gasteiger partial charge < -0.3 is 0 Å². The fourth-order valence-corrected chi connectivity index (χ4v) is 3.31. The van der Waals surface area contributed by atoms with Crippen LogP contribution in [0.1, 0.15) is 74.7 Å². The van der Waals surface area contributed by atoms with Crippen LogP contribution in [0.5, 0.6) is 0 Å². The van der Waals surface area contributed by atoms with Crippen LogP contribution < -0.4 is 0 Å². The van der Waals surface area contributed by atoms with Gasteiger partial charge in [-0.25, -0.2) is 0 Å². The molecule has 0 amide bonds. The Balaban J connectivity index is 5.18. The SMILES string of the molecule is CCC(C)C(C)(C(CC)CC)C(C)(C)C. The normalized spacial score (nSPS) is 19.0. The molecule has 92 valence electrons. The molecule has 0 nitrogen and oxygen atoms in total. The van der Waals surface area contributed by atoms with Gasteiger partial charge in [0, 0.05) is 0 Å². The van der Waals surface area contributed by atoms with Crippen LogP contribution in [0.4, 0.5) is 0 Å². The minimum Gasteiger partial charge on any atom is -0.0651 e. The molecule has 0 fully saturated rings. The lowest BCUT2D eigenvalue weighted by molar-refractivity contribution is -0.0264. The molecule has 0 rings (SSSR count). The summed E-state index contributed by atoms with van der Waals surface area (Å²) in [6.07, 6.45) is 3.92. The molecule has 0 saturated carbocycles. The van der Waals surface area contributed by atoms with Crippen LogP contribution in [0.15, 0.2) is 0 Å². The number of rotatable bonds is 5. The fraction of sp³-hybridized carbons (Fsp3) is 1.00. The Morgan fingerprint density at radius 3 is 1.40 bits per heavy atom. The van der Waals surface area contributed by atoms with E-state index in [1.54, 1.807) is 0 Å². The largest absolute Gasteiger partial charge is 0.0651 e. The smallest absolute Gasteiger partial charge is 0.0224 e. The Bertz CT molecular complexity index is 171. The zero-order valence-corrected chi connectivity index (χ0v) is 12.3. The van der Waals surface area contributed by atoms with E-state index >= 15 is 0 Å². The maximum atomic E-state index is 2.51. The summed E-state index contributed by atoms with van der Waals surface area (Å²) < 4.78 is 0. The Morgan fingerprint density at radius 2 is 1.20 bits per heavy atom. The molecule has 2 atom stereocenters. The third kappa shape index (κ3) is 2.77. The summed E-state index contributed by atoms with van der Waals surface area (Å²) in [6.45, 7) is 19.2. The second-order valence-corrected chi connectivity index (χ2v) is 6.36. The van der Waals surface area contributed by atoms with Gasteiger partial charge in [0.25, 0.3) is 0 Å². The monoisotopic (exact) mass is 212 g/mol. The van der Waals surface area contributed by atoms with Crippen LogP contribution in [0.3, 0.4) is 0 Å². The third-order valence-electron chi connectivity index (χ3n) is 5.09. The predicted octanol–water partition coefficient (Wildman–Crippen LogP) is 5.52.